The topological polar surface area (TPSA) is 42.5 Å². The van der Waals surface area contributed by atoms with Crippen molar-refractivity contribution in [1.29, 1.82) is 0 Å². The second-order valence-electron chi connectivity index (χ2n) is 7.18. The van der Waals surface area contributed by atoms with E-state index in [-0.39, 0.29) is 0 Å². The van der Waals surface area contributed by atoms with Crippen molar-refractivity contribution in [2.24, 2.45) is 5.92 Å². The van der Waals surface area contributed by atoms with E-state index < -0.39 is 0 Å². The first kappa shape index (κ1) is 22.7. The van der Waals surface area contributed by atoms with Gasteiger partial charge in [-0.2, -0.15) is 0 Å². The molecule has 2 aromatic rings. The van der Waals surface area contributed by atoms with Crippen LogP contribution in [0.15, 0.2) is 34.8 Å². The standard InChI is InChI=1S/C22H27BrCl2N2O2/c1-2-28-21-10-17(13-27-12-15-5-7-26-8-6-15)18(23)11-22(21)29-14-16-3-4-19(24)20(25)9-16/h3-4,9-11,15,26-27H,2,5-8,12-14H2,1H3. The minimum absolute atomic E-state index is 0.386. The van der Waals surface area contributed by atoms with Gasteiger partial charge >= 0.3 is 0 Å². The lowest BCUT2D eigenvalue weighted by atomic mass is 9.98. The molecule has 1 saturated heterocycles. The van der Waals surface area contributed by atoms with Gasteiger partial charge < -0.3 is 20.1 Å². The summed E-state index contributed by atoms with van der Waals surface area (Å²) in [6.07, 6.45) is 2.47. The summed E-state index contributed by atoms with van der Waals surface area (Å²) in [5.74, 6) is 2.19. The van der Waals surface area contributed by atoms with Gasteiger partial charge in [0.25, 0.3) is 0 Å². The molecule has 2 N–H and O–H groups in total. The van der Waals surface area contributed by atoms with E-state index in [1.807, 2.05) is 31.2 Å². The zero-order valence-corrected chi connectivity index (χ0v) is 19.7. The van der Waals surface area contributed by atoms with Crippen LogP contribution in [0, 0.1) is 5.92 Å². The van der Waals surface area contributed by atoms with Gasteiger partial charge in [-0.3, -0.25) is 0 Å². The largest absolute Gasteiger partial charge is 0.490 e. The van der Waals surface area contributed by atoms with Gasteiger partial charge in [0.2, 0.25) is 0 Å². The number of rotatable bonds is 9. The lowest BCUT2D eigenvalue weighted by molar-refractivity contribution is 0.268. The molecule has 0 spiro atoms. The lowest BCUT2D eigenvalue weighted by Gasteiger charge is -2.23. The van der Waals surface area contributed by atoms with Gasteiger partial charge in [-0.05, 0) is 80.7 Å². The van der Waals surface area contributed by atoms with Crippen LogP contribution in [0.3, 0.4) is 0 Å². The van der Waals surface area contributed by atoms with Crippen LogP contribution in [0.1, 0.15) is 30.9 Å². The van der Waals surface area contributed by atoms with Gasteiger partial charge in [-0.1, -0.05) is 45.2 Å². The normalized spacial score (nSPS) is 14.8. The summed E-state index contributed by atoms with van der Waals surface area (Å²) in [7, 11) is 0. The zero-order valence-electron chi connectivity index (χ0n) is 16.6. The molecule has 0 radical (unpaired) electrons. The molecular formula is C22H27BrCl2N2O2. The predicted octanol–water partition coefficient (Wildman–Crippen LogP) is 5.82. The van der Waals surface area contributed by atoms with E-state index in [4.69, 9.17) is 32.7 Å². The molecule has 0 unspecified atom stereocenters. The number of nitrogens with one attached hydrogen (secondary N) is 2. The molecule has 0 saturated carbocycles. The minimum atomic E-state index is 0.386. The first-order chi connectivity index (χ1) is 14.1. The molecule has 0 bridgehead atoms. The summed E-state index contributed by atoms with van der Waals surface area (Å²) in [5.41, 5.74) is 2.11. The van der Waals surface area contributed by atoms with E-state index >= 15 is 0 Å². The third-order valence-corrected chi connectivity index (χ3v) is 6.48. The van der Waals surface area contributed by atoms with Gasteiger partial charge in [-0.15, -0.1) is 0 Å². The van der Waals surface area contributed by atoms with Crippen molar-refractivity contribution in [1.82, 2.24) is 10.6 Å². The van der Waals surface area contributed by atoms with Crippen LogP contribution in [-0.2, 0) is 13.2 Å². The van der Waals surface area contributed by atoms with Crippen molar-refractivity contribution in [3.05, 3.63) is 56.0 Å². The van der Waals surface area contributed by atoms with E-state index in [0.29, 0.717) is 29.0 Å². The van der Waals surface area contributed by atoms with Crippen LogP contribution >= 0.6 is 39.1 Å². The second kappa shape index (κ2) is 11.4. The van der Waals surface area contributed by atoms with Crippen molar-refractivity contribution in [2.45, 2.75) is 32.9 Å². The summed E-state index contributed by atoms with van der Waals surface area (Å²) in [4.78, 5) is 0. The van der Waals surface area contributed by atoms with Crippen molar-refractivity contribution in [2.75, 3.05) is 26.2 Å². The summed E-state index contributed by atoms with van der Waals surface area (Å²) in [6.45, 7) is 7.00. The van der Waals surface area contributed by atoms with E-state index in [2.05, 4.69) is 26.6 Å². The Morgan fingerprint density at radius 1 is 1.07 bits per heavy atom. The summed E-state index contributed by atoms with van der Waals surface area (Å²) in [6, 6.07) is 9.53. The predicted molar refractivity (Wildman–Crippen MR) is 123 cm³/mol. The first-order valence-electron chi connectivity index (χ1n) is 10.00. The molecule has 4 nitrogen and oxygen atoms in total. The molecule has 158 valence electrons. The summed E-state index contributed by atoms with van der Waals surface area (Å²) in [5, 5.41) is 8.06. The van der Waals surface area contributed by atoms with Crippen LogP contribution in [0.5, 0.6) is 11.5 Å². The highest BCUT2D eigenvalue weighted by Gasteiger charge is 2.14. The van der Waals surface area contributed by atoms with Crippen LogP contribution in [0.2, 0.25) is 10.0 Å². The molecule has 1 aliphatic rings. The van der Waals surface area contributed by atoms with Crippen molar-refractivity contribution in [3.63, 3.8) is 0 Å². The molecule has 0 aromatic heterocycles. The summed E-state index contributed by atoms with van der Waals surface area (Å²) < 4.78 is 12.9. The van der Waals surface area contributed by atoms with Crippen LogP contribution in [0.25, 0.3) is 0 Å². The molecule has 3 rings (SSSR count). The second-order valence-corrected chi connectivity index (χ2v) is 8.85. The molecule has 0 atom stereocenters. The smallest absolute Gasteiger partial charge is 0.162 e. The van der Waals surface area contributed by atoms with Crippen molar-refractivity contribution in [3.8, 4) is 11.5 Å². The Labute approximate surface area is 191 Å². The van der Waals surface area contributed by atoms with E-state index in [1.165, 1.54) is 12.8 Å². The number of piperidine rings is 1. The van der Waals surface area contributed by atoms with Gasteiger partial charge in [0.15, 0.2) is 11.5 Å². The lowest BCUT2D eigenvalue weighted by Crippen LogP contribution is -2.33. The molecule has 1 heterocycles. The number of ether oxygens (including phenoxy) is 2. The maximum atomic E-state index is 6.10. The third-order valence-electron chi connectivity index (χ3n) is 5.00. The number of benzene rings is 2. The first-order valence-corrected chi connectivity index (χ1v) is 11.5. The molecular weight excluding hydrogens is 475 g/mol. The Balaban J connectivity index is 1.64. The average molecular weight is 502 g/mol. The Kier molecular flexibility index (Phi) is 8.94. The van der Waals surface area contributed by atoms with Crippen molar-refractivity contribution >= 4 is 39.1 Å². The highest BCUT2D eigenvalue weighted by molar-refractivity contribution is 9.10. The monoisotopic (exact) mass is 500 g/mol. The van der Waals surface area contributed by atoms with Crippen LogP contribution in [-0.4, -0.2) is 26.2 Å². The Morgan fingerprint density at radius 2 is 1.83 bits per heavy atom. The SMILES string of the molecule is CCOc1cc(CNCC2CCNCC2)c(Br)cc1OCc1ccc(Cl)c(Cl)c1. The van der Waals surface area contributed by atoms with E-state index in [9.17, 15) is 0 Å². The molecule has 0 amide bonds. The molecule has 1 fully saturated rings. The Hall–Kier alpha value is -0.980. The molecule has 2 aromatic carbocycles. The van der Waals surface area contributed by atoms with E-state index in [0.717, 1.165) is 53.4 Å². The van der Waals surface area contributed by atoms with Gasteiger partial charge in [0.05, 0.1) is 16.7 Å². The highest BCUT2D eigenvalue weighted by Crippen LogP contribution is 2.35. The average Bonchev–Trinajstić information content (AvgIpc) is 2.72. The number of hydrogen-bond acceptors (Lipinski definition) is 4. The van der Waals surface area contributed by atoms with Crippen LogP contribution in [0.4, 0.5) is 0 Å². The van der Waals surface area contributed by atoms with Crippen molar-refractivity contribution < 1.29 is 9.47 Å². The van der Waals surface area contributed by atoms with E-state index in [1.54, 1.807) is 6.07 Å². The fourth-order valence-electron chi connectivity index (χ4n) is 3.38. The minimum Gasteiger partial charge on any atom is -0.490 e. The Morgan fingerprint density at radius 3 is 2.55 bits per heavy atom. The molecule has 0 aliphatic carbocycles. The Bertz CT molecular complexity index is 814. The number of hydrogen-bond donors (Lipinski definition) is 2. The molecule has 7 heteroatoms. The van der Waals surface area contributed by atoms with Gasteiger partial charge in [0, 0.05) is 11.0 Å². The summed E-state index contributed by atoms with van der Waals surface area (Å²) >= 11 is 15.8. The quantitative estimate of drug-likeness (QED) is 0.454. The van der Waals surface area contributed by atoms with Gasteiger partial charge in [-0.25, -0.2) is 0 Å². The maximum absolute atomic E-state index is 6.10. The highest BCUT2D eigenvalue weighted by atomic mass is 79.9. The van der Waals surface area contributed by atoms with Crippen LogP contribution < -0.4 is 20.1 Å². The fraction of sp³-hybridized carbons (Fsp3) is 0.455. The zero-order chi connectivity index (χ0) is 20.6. The van der Waals surface area contributed by atoms with Gasteiger partial charge in [0.1, 0.15) is 6.61 Å². The molecule has 29 heavy (non-hydrogen) atoms. The maximum Gasteiger partial charge on any atom is 0.162 e. The number of halogens is 3. The third kappa shape index (κ3) is 6.76. The fourth-order valence-corrected chi connectivity index (χ4v) is 4.16. The molecule has 1 aliphatic heterocycles.